The number of nitrogens with zero attached hydrogens (tertiary/aromatic N) is 2. The summed E-state index contributed by atoms with van der Waals surface area (Å²) in [5.41, 5.74) is 7.28. The molecule has 31 heavy (non-hydrogen) atoms. The molecule has 0 radical (unpaired) electrons. The number of carbonyl (C=O) groups is 2. The molecule has 0 atom stereocenters. The quantitative estimate of drug-likeness (QED) is 0.471. The first-order chi connectivity index (χ1) is 15.0. The third-order valence-electron chi connectivity index (χ3n) is 4.52. The maximum Gasteiger partial charge on any atom is 0.276 e. The number of amides is 2. The van der Waals surface area contributed by atoms with Gasteiger partial charge in [-0.1, -0.05) is 11.6 Å². The summed E-state index contributed by atoms with van der Waals surface area (Å²) in [4.78, 5) is 24.5. The highest BCUT2D eigenvalue weighted by molar-refractivity contribution is 6.30. The minimum atomic E-state index is -0.620. The monoisotopic (exact) mass is 436 g/mol. The second kappa shape index (κ2) is 8.37. The van der Waals surface area contributed by atoms with Crippen molar-refractivity contribution in [2.45, 2.75) is 0 Å². The van der Waals surface area contributed by atoms with Gasteiger partial charge in [0.2, 0.25) is 5.91 Å². The minimum Gasteiger partial charge on any atom is -0.495 e. The number of hydrogen-bond donors (Lipinski definition) is 2. The van der Waals surface area contributed by atoms with Gasteiger partial charge >= 0.3 is 0 Å². The maximum absolute atomic E-state index is 13.0. The molecule has 2 aromatic heterocycles. The van der Waals surface area contributed by atoms with Crippen molar-refractivity contribution in [3.8, 4) is 22.9 Å². The van der Waals surface area contributed by atoms with E-state index >= 15 is 0 Å². The fourth-order valence-electron chi connectivity index (χ4n) is 3.02. The Morgan fingerprint density at radius 1 is 1.13 bits per heavy atom. The second-order valence-corrected chi connectivity index (χ2v) is 6.95. The van der Waals surface area contributed by atoms with Gasteiger partial charge in [-0.15, -0.1) is 0 Å². The van der Waals surface area contributed by atoms with E-state index in [4.69, 9.17) is 26.5 Å². The zero-order chi connectivity index (χ0) is 22.0. The number of anilines is 1. The number of ether oxygens (including phenoxy) is 1. The predicted molar refractivity (Wildman–Crippen MR) is 116 cm³/mol. The minimum absolute atomic E-state index is 0.132. The molecule has 0 aliphatic heterocycles. The molecule has 156 valence electrons. The van der Waals surface area contributed by atoms with Crippen LogP contribution in [0.2, 0.25) is 5.02 Å². The van der Waals surface area contributed by atoms with E-state index in [2.05, 4.69) is 10.4 Å². The summed E-state index contributed by atoms with van der Waals surface area (Å²) in [5.74, 6) is -0.206. The number of carbonyl (C=O) groups excluding carboxylic acids is 2. The zero-order valence-electron chi connectivity index (χ0n) is 16.3. The average Bonchev–Trinajstić information content (AvgIpc) is 3.44. The zero-order valence-corrected chi connectivity index (χ0v) is 17.1. The number of aromatic nitrogens is 2. The van der Waals surface area contributed by atoms with E-state index in [-0.39, 0.29) is 11.3 Å². The number of benzene rings is 2. The lowest BCUT2D eigenvalue weighted by molar-refractivity contribution is 0.0995. The Kier molecular flexibility index (Phi) is 5.46. The summed E-state index contributed by atoms with van der Waals surface area (Å²) in [6.07, 6.45) is 1.54. The van der Waals surface area contributed by atoms with E-state index in [0.717, 1.165) is 0 Å². The number of furan rings is 1. The molecule has 9 heteroatoms. The van der Waals surface area contributed by atoms with Crippen molar-refractivity contribution in [2.24, 2.45) is 5.73 Å². The fraction of sp³-hybridized carbons (Fsp3) is 0.0455. The SMILES string of the molecule is COc1ccc(C(N)=O)cc1NC(=O)c1cc(-c2ccco2)n(-c2ccc(Cl)cc2)n1. The molecule has 2 heterocycles. The van der Waals surface area contributed by atoms with Gasteiger partial charge in [0.05, 0.1) is 24.7 Å². The van der Waals surface area contributed by atoms with E-state index in [1.54, 1.807) is 53.2 Å². The average molecular weight is 437 g/mol. The Balaban J connectivity index is 1.73. The van der Waals surface area contributed by atoms with Crippen LogP contribution in [0.3, 0.4) is 0 Å². The third-order valence-corrected chi connectivity index (χ3v) is 4.77. The summed E-state index contributed by atoms with van der Waals surface area (Å²) >= 11 is 5.99. The molecule has 0 saturated heterocycles. The lowest BCUT2D eigenvalue weighted by Crippen LogP contribution is -2.16. The summed E-state index contributed by atoms with van der Waals surface area (Å²) < 4.78 is 12.4. The van der Waals surface area contributed by atoms with Crippen LogP contribution >= 0.6 is 11.6 Å². The van der Waals surface area contributed by atoms with Crippen molar-refractivity contribution in [3.05, 3.63) is 83.2 Å². The molecule has 0 fully saturated rings. The van der Waals surface area contributed by atoms with E-state index < -0.39 is 11.8 Å². The molecule has 4 aromatic rings. The molecule has 0 aliphatic carbocycles. The van der Waals surface area contributed by atoms with Gasteiger partial charge in [-0.3, -0.25) is 9.59 Å². The van der Waals surface area contributed by atoms with Crippen molar-refractivity contribution in [1.29, 1.82) is 0 Å². The van der Waals surface area contributed by atoms with Crippen LogP contribution in [0.25, 0.3) is 17.1 Å². The number of nitrogens with two attached hydrogens (primary N) is 1. The van der Waals surface area contributed by atoms with Gasteiger partial charge in [-0.25, -0.2) is 4.68 Å². The third kappa shape index (κ3) is 4.15. The van der Waals surface area contributed by atoms with Crippen LogP contribution in [-0.2, 0) is 0 Å². The Morgan fingerprint density at radius 3 is 2.55 bits per heavy atom. The largest absolute Gasteiger partial charge is 0.495 e. The van der Waals surface area contributed by atoms with Crippen LogP contribution in [0.5, 0.6) is 5.75 Å². The smallest absolute Gasteiger partial charge is 0.276 e. The van der Waals surface area contributed by atoms with E-state index in [1.807, 2.05) is 0 Å². The fourth-order valence-corrected chi connectivity index (χ4v) is 3.14. The maximum atomic E-state index is 13.0. The Bertz CT molecular complexity index is 1250. The molecular formula is C22H17ClN4O4. The molecular weight excluding hydrogens is 420 g/mol. The van der Waals surface area contributed by atoms with Crippen LogP contribution in [0, 0.1) is 0 Å². The number of nitrogens with one attached hydrogen (secondary N) is 1. The highest BCUT2D eigenvalue weighted by Crippen LogP contribution is 2.28. The van der Waals surface area contributed by atoms with Gasteiger partial charge < -0.3 is 20.2 Å². The standard InChI is InChI=1S/C22H17ClN4O4/c1-30-19-9-4-13(21(24)28)11-16(19)25-22(29)17-12-18(20-3-2-10-31-20)27(26-17)15-7-5-14(23)6-8-15/h2-12H,1H3,(H2,24,28)(H,25,29). The molecule has 2 aromatic carbocycles. The molecule has 0 saturated carbocycles. The molecule has 0 unspecified atom stereocenters. The van der Waals surface area contributed by atoms with Crippen LogP contribution in [0.1, 0.15) is 20.8 Å². The predicted octanol–water partition coefficient (Wildman–Crippen LogP) is 4.15. The van der Waals surface area contributed by atoms with Crippen LogP contribution in [0.15, 0.2) is 71.3 Å². The van der Waals surface area contributed by atoms with Crippen molar-refractivity contribution in [3.63, 3.8) is 0 Å². The summed E-state index contributed by atoms with van der Waals surface area (Å²) in [5, 5.41) is 7.74. The molecule has 0 bridgehead atoms. The van der Waals surface area contributed by atoms with Crippen molar-refractivity contribution in [1.82, 2.24) is 9.78 Å². The Morgan fingerprint density at radius 2 is 1.90 bits per heavy atom. The summed E-state index contributed by atoms with van der Waals surface area (Å²) in [6.45, 7) is 0. The highest BCUT2D eigenvalue weighted by atomic mass is 35.5. The lowest BCUT2D eigenvalue weighted by Gasteiger charge is -2.10. The summed E-state index contributed by atoms with van der Waals surface area (Å²) in [7, 11) is 1.46. The summed E-state index contributed by atoms with van der Waals surface area (Å²) in [6, 6.07) is 16.6. The first-order valence-corrected chi connectivity index (χ1v) is 9.53. The van der Waals surface area contributed by atoms with E-state index in [9.17, 15) is 9.59 Å². The molecule has 0 aliphatic rings. The van der Waals surface area contributed by atoms with Gasteiger partial charge in [-0.2, -0.15) is 5.10 Å². The van der Waals surface area contributed by atoms with Crippen molar-refractivity contribution < 1.29 is 18.7 Å². The van der Waals surface area contributed by atoms with Gasteiger partial charge in [-0.05, 0) is 54.6 Å². The molecule has 2 amide bonds. The Labute approximate surface area is 182 Å². The normalized spacial score (nSPS) is 10.6. The van der Waals surface area contributed by atoms with Gasteiger partial charge in [0, 0.05) is 16.7 Å². The van der Waals surface area contributed by atoms with Crippen molar-refractivity contribution in [2.75, 3.05) is 12.4 Å². The number of primary amides is 1. The molecule has 4 rings (SSSR count). The van der Waals surface area contributed by atoms with Crippen LogP contribution < -0.4 is 15.8 Å². The highest BCUT2D eigenvalue weighted by Gasteiger charge is 2.20. The van der Waals surface area contributed by atoms with Gasteiger partial charge in [0.1, 0.15) is 11.4 Å². The van der Waals surface area contributed by atoms with Gasteiger partial charge in [0.25, 0.3) is 5.91 Å². The molecule has 3 N–H and O–H groups in total. The number of methoxy groups -OCH3 is 1. The topological polar surface area (TPSA) is 112 Å². The van der Waals surface area contributed by atoms with Crippen LogP contribution in [-0.4, -0.2) is 28.7 Å². The lowest BCUT2D eigenvalue weighted by atomic mass is 10.1. The van der Waals surface area contributed by atoms with E-state index in [1.165, 1.54) is 25.5 Å². The van der Waals surface area contributed by atoms with Gasteiger partial charge in [0.15, 0.2) is 11.5 Å². The molecule has 0 spiro atoms. The van der Waals surface area contributed by atoms with E-state index in [0.29, 0.717) is 33.6 Å². The number of rotatable bonds is 6. The number of hydrogen-bond acceptors (Lipinski definition) is 5. The van der Waals surface area contributed by atoms with Crippen molar-refractivity contribution >= 4 is 29.1 Å². The second-order valence-electron chi connectivity index (χ2n) is 6.51. The Hall–Kier alpha value is -4.04. The first-order valence-electron chi connectivity index (χ1n) is 9.15. The number of halogens is 1. The molecule has 8 nitrogen and oxygen atoms in total. The van der Waals surface area contributed by atoms with Crippen LogP contribution in [0.4, 0.5) is 5.69 Å². The first kappa shape index (κ1) is 20.2.